The Labute approximate surface area is 155 Å². The van der Waals surface area contributed by atoms with Crippen LogP contribution in [0.4, 0.5) is 0 Å². The number of nitrogens with zero attached hydrogens (tertiary/aromatic N) is 1. The molecule has 1 aliphatic heterocycles. The second-order valence-electron chi connectivity index (χ2n) is 8.26. The van der Waals surface area contributed by atoms with Crippen molar-refractivity contribution < 1.29 is 24.2 Å². The smallest absolute Gasteiger partial charge is 0.329 e. The van der Waals surface area contributed by atoms with E-state index < -0.39 is 32.1 Å². The minimum atomic E-state index is -2.32. The van der Waals surface area contributed by atoms with Crippen LogP contribution in [0.15, 0.2) is 30.3 Å². The van der Waals surface area contributed by atoms with Crippen LogP contribution in [0, 0.1) is 5.92 Å². The van der Waals surface area contributed by atoms with Crippen molar-refractivity contribution in [3.63, 3.8) is 0 Å². The number of hydrogen-bond acceptors (Lipinski definition) is 4. The molecule has 0 aliphatic carbocycles. The molecule has 0 radical (unpaired) electrons. The third-order valence-electron chi connectivity index (χ3n) is 5.51. The second kappa shape index (κ2) is 7.23. The van der Waals surface area contributed by atoms with E-state index in [1.165, 1.54) is 0 Å². The van der Waals surface area contributed by atoms with E-state index in [1.54, 1.807) is 4.57 Å². The van der Waals surface area contributed by atoms with Gasteiger partial charge in [-0.25, -0.2) is 4.79 Å². The third-order valence-corrected chi connectivity index (χ3v) is 10.9. The number of carbonyl (C=O) groups excluding carboxylic acids is 2. The summed E-state index contributed by atoms with van der Waals surface area (Å²) in [5, 5.41) is 8.95. The number of amides is 1. The van der Waals surface area contributed by atoms with Gasteiger partial charge in [0.1, 0.15) is 12.6 Å². The molecule has 1 aromatic carbocycles. The lowest BCUT2D eigenvalue weighted by Crippen LogP contribution is -2.75. The molecule has 1 fully saturated rings. The summed E-state index contributed by atoms with van der Waals surface area (Å²) in [6.45, 7) is 10.3. The minimum Gasteiger partial charge on any atom is -0.481 e. The number of hydrogen-bond donors (Lipinski definition) is 1. The predicted molar refractivity (Wildman–Crippen MR) is 99.8 cm³/mol. The first-order valence-corrected chi connectivity index (χ1v) is 11.7. The van der Waals surface area contributed by atoms with E-state index in [4.69, 9.17) is 9.84 Å². The molecule has 1 N–H and O–H groups in total. The van der Waals surface area contributed by atoms with Crippen molar-refractivity contribution in [2.75, 3.05) is 0 Å². The Kier molecular flexibility index (Phi) is 5.60. The fourth-order valence-corrected chi connectivity index (χ4v) is 5.42. The van der Waals surface area contributed by atoms with Crippen LogP contribution in [0.3, 0.4) is 0 Å². The van der Waals surface area contributed by atoms with Gasteiger partial charge in [-0.1, -0.05) is 64.2 Å². The topological polar surface area (TPSA) is 83.9 Å². The summed E-state index contributed by atoms with van der Waals surface area (Å²) in [4.78, 5) is 36.5. The van der Waals surface area contributed by atoms with E-state index in [2.05, 4.69) is 0 Å². The molecule has 26 heavy (non-hydrogen) atoms. The molecule has 0 saturated carbocycles. The number of benzene rings is 1. The van der Waals surface area contributed by atoms with Crippen LogP contribution in [0.25, 0.3) is 0 Å². The van der Waals surface area contributed by atoms with Crippen molar-refractivity contribution in [3.8, 4) is 0 Å². The van der Waals surface area contributed by atoms with Crippen molar-refractivity contribution in [1.82, 2.24) is 4.57 Å². The Morgan fingerprint density at radius 1 is 1.19 bits per heavy atom. The van der Waals surface area contributed by atoms with Gasteiger partial charge < -0.3 is 14.4 Å². The molecule has 0 unspecified atom stereocenters. The van der Waals surface area contributed by atoms with Crippen molar-refractivity contribution in [1.29, 1.82) is 0 Å². The highest BCUT2D eigenvalue weighted by Crippen LogP contribution is 2.45. The van der Waals surface area contributed by atoms with Gasteiger partial charge in [-0.3, -0.25) is 9.59 Å². The summed E-state index contributed by atoms with van der Waals surface area (Å²) in [5.41, 5.74) is 0.847. The summed E-state index contributed by atoms with van der Waals surface area (Å²) in [5.74, 6) is -2.70. The molecule has 7 heteroatoms. The quantitative estimate of drug-likeness (QED) is 0.468. The summed E-state index contributed by atoms with van der Waals surface area (Å²) >= 11 is 0. The highest BCUT2D eigenvalue weighted by atomic mass is 28.3. The van der Waals surface area contributed by atoms with E-state index in [-0.39, 0.29) is 24.0 Å². The van der Waals surface area contributed by atoms with Gasteiger partial charge in [-0.2, -0.15) is 0 Å². The van der Waals surface area contributed by atoms with Gasteiger partial charge >= 0.3 is 11.9 Å². The number of carboxylic acids is 1. The average molecular weight is 378 g/mol. The zero-order chi connectivity index (χ0) is 19.7. The van der Waals surface area contributed by atoms with Crippen LogP contribution in [0.1, 0.15) is 32.8 Å². The van der Waals surface area contributed by atoms with Gasteiger partial charge in [0.25, 0.3) is 0 Å². The third kappa shape index (κ3) is 3.82. The van der Waals surface area contributed by atoms with Crippen LogP contribution in [-0.2, 0) is 25.7 Å². The van der Waals surface area contributed by atoms with Crippen LogP contribution in [0.5, 0.6) is 0 Å². The lowest BCUT2D eigenvalue weighted by atomic mass is 9.87. The maximum Gasteiger partial charge on any atom is 0.329 e. The number of esters is 1. The van der Waals surface area contributed by atoms with E-state index in [9.17, 15) is 14.4 Å². The fraction of sp³-hybridized carbons (Fsp3) is 0.526. The predicted octanol–water partition coefficient (Wildman–Crippen LogP) is 3.04. The molecule has 1 heterocycles. The summed E-state index contributed by atoms with van der Waals surface area (Å²) < 4.78 is 7.06. The summed E-state index contributed by atoms with van der Waals surface area (Å²) in [6, 6.07) is 8.45. The zero-order valence-corrected chi connectivity index (χ0v) is 17.0. The van der Waals surface area contributed by atoms with E-state index in [1.807, 2.05) is 64.2 Å². The lowest BCUT2D eigenvalue weighted by Gasteiger charge is -2.56. The normalized spacial score (nSPS) is 20.5. The molecule has 0 aromatic heterocycles. The molecule has 0 bridgehead atoms. The highest BCUT2D eigenvalue weighted by molar-refractivity contribution is 6.80. The fourth-order valence-electron chi connectivity index (χ4n) is 3.00. The lowest BCUT2D eigenvalue weighted by molar-refractivity contribution is -0.171. The molecule has 142 valence electrons. The van der Waals surface area contributed by atoms with Crippen molar-refractivity contribution >= 4 is 26.1 Å². The van der Waals surface area contributed by atoms with E-state index in [0.29, 0.717) is 0 Å². The maximum atomic E-state index is 12.7. The Morgan fingerprint density at radius 2 is 1.77 bits per heavy atom. The number of ether oxygens (including phenoxy) is 1. The van der Waals surface area contributed by atoms with Gasteiger partial charge in [-0.15, -0.1) is 0 Å². The van der Waals surface area contributed by atoms with Gasteiger partial charge in [0, 0.05) is 0 Å². The number of rotatable bonds is 6. The molecule has 2 atom stereocenters. The minimum absolute atomic E-state index is 0.107. The van der Waals surface area contributed by atoms with Crippen LogP contribution < -0.4 is 0 Å². The largest absolute Gasteiger partial charge is 0.481 e. The molecular formula is C19H27NO5Si. The molecule has 2 rings (SSSR count). The molecule has 6 nitrogen and oxygen atoms in total. The Hall–Kier alpha value is -2.15. The summed E-state index contributed by atoms with van der Waals surface area (Å²) in [6.07, 6.45) is -0.352. The van der Waals surface area contributed by atoms with Crippen LogP contribution in [-0.4, -0.2) is 41.8 Å². The average Bonchev–Trinajstić information content (AvgIpc) is 2.54. The molecule has 1 amide bonds. The standard InChI is InChI=1S/C19H27NO5Si/c1-19(2,3)26(4,5)20-16(14(17(20)23)11-15(21)22)18(24)25-12-13-9-7-6-8-10-13/h6-10,14,16H,11-12H2,1-5H3,(H,21,22)/t14-,16+/m1/s1. The van der Waals surface area contributed by atoms with Gasteiger partial charge in [0.2, 0.25) is 5.91 Å². The molecule has 1 aliphatic rings. The first kappa shape index (κ1) is 20.2. The van der Waals surface area contributed by atoms with Crippen LogP contribution in [0.2, 0.25) is 18.1 Å². The zero-order valence-electron chi connectivity index (χ0n) is 16.0. The number of β-lactam (4-membered cyclic amide) rings is 1. The Bertz CT molecular complexity index is 696. The first-order valence-electron chi connectivity index (χ1n) is 8.72. The highest BCUT2D eigenvalue weighted by Gasteiger charge is 2.60. The Balaban J connectivity index is 2.21. The van der Waals surface area contributed by atoms with Crippen LogP contribution >= 0.6 is 0 Å². The van der Waals surface area contributed by atoms with Crippen molar-refractivity contribution in [2.24, 2.45) is 5.92 Å². The van der Waals surface area contributed by atoms with E-state index in [0.717, 1.165) is 5.56 Å². The number of carbonyl (C=O) groups is 3. The maximum absolute atomic E-state index is 12.7. The first-order chi connectivity index (χ1) is 12.0. The number of carboxylic acid groups (broad SMARTS) is 1. The van der Waals surface area contributed by atoms with Gasteiger partial charge in [-0.05, 0) is 10.6 Å². The van der Waals surface area contributed by atoms with Gasteiger partial charge in [0.15, 0.2) is 8.24 Å². The molecular weight excluding hydrogens is 350 g/mol. The monoisotopic (exact) mass is 377 g/mol. The van der Waals surface area contributed by atoms with Gasteiger partial charge in [0.05, 0.1) is 12.3 Å². The van der Waals surface area contributed by atoms with Crippen molar-refractivity contribution in [2.45, 2.75) is 58.0 Å². The second-order valence-corrected chi connectivity index (χ2v) is 13.4. The number of aliphatic carboxylic acids is 1. The van der Waals surface area contributed by atoms with Crippen molar-refractivity contribution in [3.05, 3.63) is 35.9 Å². The molecule has 0 spiro atoms. The Morgan fingerprint density at radius 3 is 2.27 bits per heavy atom. The molecule has 1 aromatic rings. The summed E-state index contributed by atoms with van der Waals surface area (Å²) in [7, 11) is -2.32. The van der Waals surface area contributed by atoms with E-state index >= 15 is 0 Å². The molecule has 1 saturated heterocycles. The SMILES string of the molecule is CC(C)(C)[Si](C)(C)N1C(=O)[C@H](CC(=O)O)[C@H]1C(=O)OCc1ccccc1.